The zero-order valence-electron chi connectivity index (χ0n) is 18.7. The zero-order valence-corrected chi connectivity index (χ0v) is 19.5. The average molecular weight is 457 g/mol. The molecule has 4 rings (SSSR count). The minimum absolute atomic E-state index is 0.0839. The van der Waals surface area contributed by atoms with E-state index in [9.17, 15) is 4.79 Å². The predicted octanol–water partition coefficient (Wildman–Crippen LogP) is 4.37. The van der Waals surface area contributed by atoms with Crippen molar-refractivity contribution in [3.8, 4) is 11.5 Å². The minimum Gasteiger partial charge on any atom is -0.495 e. The number of piperidine rings is 1. The smallest absolute Gasteiger partial charge is 0.238 e. The lowest BCUT2D eigenvalue weighted by atomic mass is 9.96. The van der Waals surface area contributed by atoms with Crippen molar-refractivity contribution in [1.82, 2.24) is 14.5 Å². The summed E-state index contributed by atoms with van der Waals surface area (Å²) in [5.41, 5.74) is 2.78. The van der Waals surface area contributed by atoms with Crippen molar-refractivity contribution >= 4 is 34.2 Å². The second kappa shape index (κ2) is 9.79. The van der Waals surface area contributed by atoms with Crippen molar-refractivity contribution in [2.75, 3.05) is 39.2 Å². The van der Waals surface area contributed by atoms with E-state index in [1.807, 2.05) is 6.07 Å². The second-order valence-corrected chi connectivity index (χ2v) is 8.62. The third-order valence-corrected chi connectivity index (χ3v) is 6.40. The number of rotatable bonds is 7. The first-order chi connectivity index (χ1) is 15.5. The van der Waals surface area contributed by atoms with Gasteiger partial charge in [-0.25, -0.2) is 4.98 Å². The topological polar surface area (TPSA) is 68.6 Å². The van der Waals surface area contributed by atoms with E-state index in [1.54, 1.807) is 26.4 Å². The van der Waals surface area contributed by atoms with Crippen LogP contribution in [0, 0.1) is 12.8 Å². The van der Waals surface area contributed by atoms with E-state index in [2.05, 4.69) is 44.9 Å². The van der Waals surface area contributed by atoms with E-state index in [4.69, 9.17) is 21.1 Å². The fourth-order valence-corrected chi connectivity index (χ4v) is 4.60. The van der Waals surface area contributed by atoms with Gasteiger partial charge in [-0.1, -0.05) is 23.7 Å². The molecule has 1 aliphatic heterocycles. The summed E-state index contributed by atoms with van der Waals surface area (Å²) in [6, 6.07) is 11.6. The van der Waals surface area contributed by atoms with Crippen LogP contribution in [-0.4, -0.2) is 54.2 Å². The summed E-state index contributed by atoms with van der Waals surface area (Å²) in [7, 11) is 3.09. The Hall–Kier alpha value is -2.77. The number of para-hydroxylation sites is 2. The number of benzene rings is 2. The molecule has 2 heterocycles. The number of nitrogens with zero attached hydrogens (tertiary/aromatic N) is 3. The zero-order chi connectivity index (χ0) is 22.7. The van der Waals surface area contributed by atoms with Crippen molar-refractivity contribution in [3.63, 3.8) is 0 Å². The Morgan fingerprint density at radius 3 is 2.59 bits per heavy atom. The molecule has 0 spiro atoms. The summed E-state index contributed by atoms with van der Waals surface area (Å²) < 4.78 is 12.9. The van der Waals surface area contributed by atoms with Gasteiger partial charge in [0.2, 0.25) is 5.91 Å². The van der Waals surface area contributed by atoms with E-state index in [0.717, 1.165) is 43.8 Å². The lowest BCUT2D eigenvalue weighted by molar-refractivity contribution is -0.117. The van der Waals surface area contributed by atoms with Crippen LogP contribution >= 0.6 is 11.6 Å². The van der Waals surface area contributed by atoms with Crippen LogP contribution in [-0.2, 0) is 11.3 Å². The van der Waals surface area contributed by atoms with E-state index in [-0.39, 0.29) is 5.91 Å². The molecule has 32 heavy (non-hydrogen) atoms. The SMILES string of the molecule is COc1cc(OC)c(NC(=O)CN2CCC(Cn3c(C)nc4ccccc43)CC2)cc1Cl. The quantitative estimate of drug-likeness (QED) is 0.572. The van der Waals surface area contributed by atoms with Gasteiger partial charge < -0.3 is 19.4 Å². The summed E-state index contributed by atoms with van der Waals surface area (Å²) in [5.74, 6) is 2.57. The Morgan fingerprint density at radius 2 is 1.88 bits per heavy atom. The van der Waals surface area contributed by atoms with Gasteiger partial charge in [0, 0.05) is 12.6 Å². The maximum absolute atomic E-state index is 12.6. The Balaban J connectivity index is 1.32. The highest BCUT2D eigenvalue weighted by atomic mass is 35.5. The van der Waals surface area contributed by atoms with E-state index in [0.29, 0.717) is 34.7 Å². The molecule has 1 saturated heterocycles. The van der Waals surface area contributed by atoms with Crippen molar-refractivity contribution in [1.29, 1.82) is 0 Å². The van der Waals surface area contributed by atoms with Crippen molar-refractivity contribution in [2.45, 2.75) is 26.3 Å². The van der Waals surface area contributed by atoms with Crippen molar-refractivity contribution < 1.29 is 14.3 Å². The highest BCUT2D eigenvalue weighted by molar-refractivity contribution is 6.32. The number of nitrogens with one attached hydrogen (secondary N) is 1. The molecular weight excluding hydrogens is 428 g/mol. The molecule has 1 N–H and O–H groups in total. The van der Waals surface area contributed by atoms with Gasteiger partial charge in [-0.05, 0) is 57.0 Å². The Bertz CT molecular complexity index is 1110. The summed E-state index contributed by atoms with van der Waals surface area (Å²) in [6.45, 7) is 5.16. The molecule has 1 aliphatic rings. The molecule has 7 nitrogen and oxygen atoms in total. The molecule has 1 fully saturated rings. The maximum Gasteiger partial charge on any atom is 0.238 e. The fourth-order valence-electron chi connectivity index (χ4n) is 4.36. The molecule has 3 aromatic rings. The molecule has 0 aliphatic carbocycles. The van der Waals surface area contributed by atoms with E-state index in [1.165, 1.54) is 5.52 Å². The van der Waals surface area contributed by atoms with Crippen LogP contribution in [0.2, 0.25) is 5.02 Å². The van der Waals surface area contributed by atoms with Gasteiger partial charge >= 0.3 is 0 Å². The Labute approximate surface area is 193 Å². The standard InChI is InChI=1S/C24H29ClN4O3/c1-16-26-19-6-4-5-7-21(19)29(16)14-17-8-10-28(11-9-17)15-24(30)27-20-12-18(25)22(31-2)13-23(20)32-3/h4-7,12-13,17H,8-11,14-15H2,1-3H3,(H,27,30). The molecule has 0 bridgehead atoms. The van der Waals surface area contributed by atoms with Gasteiger partial charge in [0.1, 0.15) is 17.3 Å². The molecule has 0 radical (unpaired) electrons. The number of anilines is 1. The van der Waals surface area contributed by atoms with Crippen LogP contribution < -0.4 is 14.8 Å². The van der Waals surface area contributed by atoms with E-state index >= 15 is 0 Å². The van der Waals surface area contributed by atoms with Crippen molar-refractivity contribution in [2.24, 2.45) is 5.92 Å². The monoisotopic (exact) mass is 456 g/mol. The van der Waals surface area contributed by atoms with Crippen LogP contribution in [0.4, 0.5) is 5.69 Å². The highest BCUT2D eigenvalue weighted by Crippen LogP contribution is 2.36. The Morgan fingerprint density at radius 1 is 1.16 bits per heavy atom. The number of carbonyl (C=O) groups excluding carboxylic acids is 1. The lowest BCUT2D eigenvalue weighted by Gasteiger charge is -2.32. The minimum atomic E-state index is -0.0839. The van der Waals surface area contributed by atoms with Gasteiger partial charge in [0.15, 0.2) is 0 Å². The third kappa shape index (κ3) is 4.84. The fraction of sp³-hybridized carbons (Fsp3) is 0.417. The van der Waals surface area contributed by atoms with Gasteiger partial charge in [-0.3, -0.25) is 9.69 Å². The molecule has 1 aromatic heterocycles. The number of aromatic nitrogens is 2. The number of carbonyl (C=O) groups is 1. The number of methoxy groups -OCH3 is 2. The molecule has 0 unspecified atom stereocenters. The summed E-state index contributed by atoms with van der Waals surface area (Å²) in [4.78, 5) is 19.5. The molecule has 0 saturated carbocycles. The molecular formula is C24H29ClN4O3. The summed E-state index contributed by atoms with van der Waals surface area (Å²) in [5, 5.41) is 3.34. The second-order valence-electron chi connectivity index (χ2n) is 8.21. The third-order valence-electron chi connectivity index (χ3n) is 6.11. The first kappa shape index (κ1) is 22.4. The Kier molecular flexibility index (Phi) is 6.86. The largest absolute Gasteiger partial charge is 0.495 e. The van der Waals surface area contributed by atoms with Crippen LogP contribution in [0.1, 0.15) is 18.7 Å². The lowest BCUT2D eigenvalue weighted by Crippen LogP contribution is -2.40. The molecule has 1 amide bonds. The van der Waals surface area contributed by atoms with Gasteiger partial charge in [0.25, 0.3) is 0 Å². The first-order valence-electron chi connectivity index (χ1n) is 10.8. The number of fused-ring (bicyclic) bond motifs is 1. The number of hydrogen-bond acceptors (Lipinski definition) is 5. The number of halogens is 1. The number of imidazole rings is 1. The molecule has 2 aromatic carbocycles. The highest BCUT2D eigenvalue weighted by Gasteiger charge is 2.23. The van der Waals surface area contributed by atoms with Crippen LogP contribution in [0.5, 0.6) is 11.5 Å². The normalized spacial score (nSPS) is 15.1. The van der Waals surface area contributed by atoms with Crippen LogP contribution in [0.15, 0.2) is 36.4 Å². The van der Waals surface area contributed by atoms with Gasteiger partial charge in [-0.15, -0.1) is 0 Å². The predicted molar refractivity (Wildman–Crippen MR) is 127 cm³/mol. The van der Waals surface area contributed by atoms with Crippen LogP contribution in [0.25, 0.3) is 11.0 Å². The number of likely N-dealkylation sites (tertiary alicyclic amines) is 1. The number of aryl methyl sites for hydroxylation is 1. The first-order valence-corrected chi connectivity index (χ1v) is 11.2. The summed E-state index contributed by atoms with van der Waals surface area (Å²) >= 11 is 6.21. The summed E-state index contributed by atoms with van der Waals surface area (Å²) in [6.07, 6.45) is 2.10. The molecule has 0 atom stereocenters. The number of amides is 1. The van der Waals surface area contributed by atoms with Gasteiger partial charge in [-0.2, -0.15) is 0 Å². The maximum atomic E-state index is 12.6. The van der Waals surface area contributed by atoms with Crippen molar-refractivity contribution in [3.05, 3.63) is 47.2 Å². The van der Waals surface area contributed by atoms with E-state index < -0.39 is 0 Å². The number of ether oxygens (including phenoxy) is 2. The van der Waals surface area contributed by atoms with Crippen LogP contribution in [0.3, 0.4) is 0 Å². The molecule has 170 valence electrons. The van der Waals surface area contributed by atoms with Gasteiger partial charge in [0.05, 0.1) is 42.5 Å². The number of hydrogen-bond donors (Lipinski definition) is 1. The average Bonchev–Trinajstić information content (AvgIpc) is 3.10. The molecule has 8 heteroatoms.